The molecule has 0 fully saturated rings. The zero-order valence-electron chi connectivity index (χ0n) is 11.5. The molecule has 0 saturated heterocycles. The van der Waals surface area contributed by atoms with Gasteiger partial charge < -0.3 is 4.74 Å². The standard InChI is InChI=1S/C15H15N3O3/c1-2-21-15-9-4-3-6-12(15)11-16-17-13-7-5-8-14(10-13)18(19)20/h3-11,17H,2H2,1H3/b16-11+. The Hall–Kier alpha value is -2.89. The number of hydrogen-bond acceptors (Lipinski definition) is 5. The molecule has 2 aromatic carbocycles. The minimum atomic E-state index is -0.445. The quantitative estimate of drug-likeness (QED) is 0.501. The number of para-hydroxylation sites is 1. The van der Waals surface area contributed by atoms with Gasteiger partial charge in [0.15, 0.2) is 0 Å². The molecule has 2 aromatic rings. The zero-order chi connectivity index (χ0) is 15.1. The van der Waals surface area contributed by atoms with Crippen molar-refractivity contribution in [3.63, 3.8) is 0 Å². The van der Waals surface area contributed by atoms with Gasteiger partial charge in [-0.25, -0.2) is 0 Å². The first-order valence-corrected chi connectivity index (χ1v) is 6.46. The second kappa shape index (κ2) is 7.04. The zero-order valence-corrected chi connectivity index (χ0v) is 11.5. The van der Waals surface area contributed by atoms with Crippen LogP contribution in [0.2, 0.25) is 0 Å². The van der Waals surface area contributed by atoms with Gasteiger partial charge in [0.05, 0.1) is 23.4 Å². The van der Waals surface area contributed by atoms with Gasteiger partial charge in [-0.1, -0.05) is 18.2 Å². The van der Waals surface area contributed by atoms with Crippen molar-refractivity contribution in [1.29, 1.82) is 0 Å². The average molecular weight is 285 g/mol. The predicted molar refractivity (Wildman–Crippen MR) is 81.9 cm³/mol. The molecule has 0 aliphatic heterocycles. The Bertz CT molecular complexity index is 656. The highest BCUT2D eigenvalue weighted by atomic mass is 16.6. The number of nitro groups is 1. The first-order chi connectivity index (χ1) is 10.2. The minimum absolute atomic E-state index is 0.0184. The second-order valence-electron chi connectivity index (χ2n) is 4.15. The summed E-state index contributed by atoms with van der Waals surface area (Å²) in [5.41, 5.74) is 4.17. The number of rotatable bonds is 6. The summed E-state index contributed by atoms with van der Waals surface area (Å²) in [4.78, 5) is 10.2. The van der Waals surface area contributed by atoms with Crippen LogP contribution in [0.15, 0.2) is 53.6 Å². The number of ether oxygens (including phenoxy) is 1. The van der Waals surface area contributed by atoms with E-state index in [1.807, 2.05) is 31.2 Å². The van der Waals surface area contributed by atoms with Gasteiger partial charge in [0.2, 0.25) is 0 Å². The molecule has 1 N–H and O–H groups in total. The molecule has 0 aromatic heterocycles. The number of nitrogens with zero attached hydrogens (tertiary/aromatic N) is 2. The summed E-state index contributed by atoms with van der Waals surface area (Å²) in [7, 11) is 0. The molecule has 6 nitrogen and oxygen atoms in total. The van der Waals surface area contributed by atoms with Crippen LogP contribution in [0.4, 0.5) is 11.4 Å². The van der Waals surface area contributed by atoms with E-state index in [-0.39, 0.29) is 5.69 Å². The molecule has 0 saturated carbocycles. The van der Waals surface area contributed by atoms with E-state index in [0.29, 0.717) is 12.3 Å². The maximum absolute atomic E-state index is 10.7. The van der Waals surface area contributed by atoms with Gasteiger partial charge in [0, 0.05) is 17.7 Å². The lowest BCUT2D eigenvalue weighted by Gasteiger charge is -2.06. The SMILES string of the molecule is CCOc1ccccc1/C=N/Nc1cccc([N+](=O)[O-])c1. The van der Waals surface area contributed by atoms with Crippen molar-refractivity contribution in [2.45, 2.75) is 6.92 Å². The highest BCUT2D eigenvalue weighted by Gasteiger charge is 2.04. The van der Waals surface area contributed by atoms with Crippen molar-refractivity contribution in [1.82, 2.24) is 0 Å². The van der Waals surface area contributed by atoms with Crippen LogP contribution in [0.25, 0.3) is 0 Å². The molecule has 21 heavy (non-hydrogen) atoms. The van der Waals surface area contributed by atoms with Crippen molar-refractivity contribution in [3.8, 4) is 5.75 Å². The Kier molecular flexibility index (Phi) is 4.87. The van der Waals surface area contributed by atoms with Gasteiger partial charge in [-0.15, -0.1) is 0 Å². The first-order valence-electron chi connectivity index (χ1n) is 6.46. The smallest absolute Gasteiger partial charge is 0.271 e. The van der Waals surface area contributed by atoms with Gasteiger partial charge in [-0.2, -0.15) is 5.10 Å². The molecule has 0 unspecified atom stereocenters. The maximum Gasteiger partial charge on any atom is 0.271 e. The Morgan fingerprint density at radius 1 is 1.29 bits per heavy atom. The third kappa shape index (κ3) is 4.04. The molecule has 0 heterocycles. The van der Waals surface area contributed by atoms with Crippen molar-refractivity contribution >= 4 is 17.6 Å². The highest BCUT2D eigenvalue weighted by Crippen LogP contribution is 2.18. The number of anilines is 1. The topological polar surface area (TPSA) is 76.8 Å². The number of hydrazone groups is 1. The summed E-state index contributed by atoms with van der Waals surface area (Å²) in [6.07, 6.45) is 1.61. The minimum Gasteiger partial charge on any atom is -0.493 e. The maximum atomic E-state index is 10.7. The van der Waals surface area contributed by atoms with Crippen LogP contribution >= 0.6 is 0 Å². The molecule has 0 bridgehead atoms. The Labute approximate surface area is 122 Å². The second-order valence-corrected chi connectivity index (χ2v) is 4.15. The summed E-state index contributed by atoms with van der Waals surface area (Å²) in [6, 6.07) is 13.7. The monoisotopic (exact) mass is 285 g/mol. The van der Waals surface area contributed by atoms with Crippen LogP contribution in [-0.4, -0.2) is 17.7 Å². The fourth-order valence-corrected chi connectivity index (χ4v) is 1.74. The number of nitro benzene ring substituents is 1. The van der Waals surface area contributed by atoms with E-state index >= 15 is 0 Å². The van der Waals surface area contributed by atoms with Crippen molar-refractivity contribution in [2.75, 3.05) is 12.0 Å². The van der Waals surface area contributed by atoms with Crippen LogP contribution in [0.5, 0.6) is 5.75 Å². The van der Waals surface area contributed by atoms with Crippen LogP contribution in [0.3, 0.4) is 0 Å². The molecule has 0 radical (unpaired) electrons. The number of benzene rings is 2. The van der Waals surface area contributed by atoms with Crippen molar-refractivity contribution in [2.24, 2.45) is 5.10 Å². The molecular weight excluding hydrogens is 270 g/mol. The van der Waals surface area contributed by atoms with Gasteiger partial charge in [0.25, 0.3) is 5.69 Å². The van der Waals surface area contributed by atoms with E-state index < -0.39 is 4.92 Å². The van der Waals surface area contributed by atoms with E-state index in [1.165, 1.54) is 12.1 Å². The predicted octanol–water partition coefficient (Wildman–Crippen LogP) is 3.44. The van der Waals surface area contributed by atoms with Gasteiger partial charge in [-0.3, -0.25) is 15.5 Å². The number of nitrogens with one attached hydrogen (secondary N) is 1. The third-order valence-corrected chi connectivity index (χ3v) is 2.67. The fourth-order valence-electron chi connectivity index (χ4n) is 1.74. The molecule has 6 heteroatoms. The third-order valence-electron chi connectivity index (χ3n) is 2.67. The lowest BCUT2D eigenvalue weighted by molar-refractivity contribution is -0.384. The molecule has 0 aliphatic carbocycles. The fraction of sp³-hybridized carbons (Fsp3) is 0.133. The van der Waals surface area contributed by atoms with Crippen LogP contribution in [-0.2, 0) is 0 Å². The van der Waals surface area contributed by atoms with Gasteiger partial charge >= 0.3 is 0 Å². The lowest BCUT2D eigenvalue weighted by Crippen LogP contribution is -1.97. The lowest BCUT2D eigenvalue weighted by atomic mass is 10.2. The van der Waals surface area contributed by atoms with Gasteiger partial charge in [-0.05, 0) is 25.1 Å². The van der Waals surface area contributed by atoms with E-state index in [9.17, 15) is 10.1 Å². The van der Waals surface area contributed by atoms with Crippen LogP contribution < -0.4 is 10.2 Å². The highest BCUT2D eigenvalue weighted by molar-refractivity contribution is 5.84. The Morgan fingerprint density at radius 3 is 2.86 bits per heavy atom. The molecule has 0 atom stereocenters. The largest absolute Gasteiger partial charge is 0.493 e. The van der Waals surface area contributed by atoms with Crippen LogP contribution in [0, 0.1) is 10.1 Å². The molecular formula is C15H15N3O3. The van der Waals surface area contributed by atoms with Crippen LogP contribution in [0.1, 0.15) is 12.5 Å². The van der Waals surface area contributed by atoms with Gasteiger partial charge in [0.1, 0.15) is 5.75 Å². The Morgan fingerprint density at radius 2 is 2.10 bits per heavy atom. The molecule has 108 valence electrons. The van der Waals surface area contributed by atoms with E-state index in [2.05, 4.69) is 10.5 Å². The molecule has 2 rings (SSSR count). The number of hydrogen-bond donors (Lipinski definition) is 1. The van der Waals surface area contributed by atoms with Crippen molar-refractivity contribution in [3.05, 3.63) is 64.2 Å². The van der Waals surface area contributed by atoms with E-state index in [4.69, 9.17) is 4.74 Å². The molecule has 0 amide bonds. The average Bonchev–Trinajstić information content (AvgIpc) is 2.49. The summed E-state index contributed by atoms with van der Waals surface area (Å²) in [6.45, 7) is 2.48. The summed E-state index contributed by atoms with van der Waals surface area (Å²) >= 11 is 0. The summed E-state index contributed by atoms with van der Waals surface area (Å²) < 4.78 is 5.48. The Balaban J connectivity index is 2.09. The summed E-state index contributed by atoms with van der Waals surface area (Å²) in [5, 5.41) is 14.8. The number of non-ortho nitro benzene ring substituents is 1. The van der Waals surface area contributed by atoms with E-state index in [1.54, 1.807) is 18.3 Å². The van der Waals surface area contributed by atoms with Crippen molar-refractivity contribution < 1.29 is 9.66 Å². The summed E-state index contributed by atoms with van der Waals surface area (Å²) in [5.74, 6) is 0.740. The normalized spacial score (nSPS) is 10.5. The molecule has 0 aliphatic rings. The molecule has 0 spiro atoms. The first kappa shape index (κ1) is 14.5. The van der Waals surface area contributed by atoms with E-state index in [0.717, 1.165) is 11.3 Å².